The van der Waals surface area contributed by atoms with Crippen molar-refractivity contribution in [3.05, 3.63) is 24.8 Å². The molecule has 0 atom stereocenters. The van der Waals surface area contributed by atoms with Gasteiger partial charge in [0.25, 0.3) is 0 Å². The van der Waals surface area contributed by atoms with Crippen molar-refractivity contribution in [2.75, 3.05) is 0 Å². The molecule has 1 aliphatic rings. The maximum Gasteiger partial charge on any atom is 0.314 e. The van der Waals surface area contributed by atoms with Gasteiger partial charge >= 0.3 is 11.9 Å². The van der Waals surface area contributed by atoms with Crippen molar-refractivity contribution >= 4 is 11.9 Å². The fraction of sp³-hybridized carbons (Fsp3) is 0.333. The van der Waals surface area contributed by atoms with E-state index in [0.717, 1.165) is 5.57 Å². The van der Waals surface area contributed by atoms with Gasteiger partial charge in [-0.05, 0) is 0 Å². The van der Waals surface area contributed by atoms with Crippen molar-refractivity contribution in [2.24, 2.45) is 5.92 Å². The molecule has 0 aliphatic carbocycles. The first-order valence-electron chi connectivity index (χ1n) is 3.68. The van der Waals surface area contributed by atoms with Gasteiger partial charge in [-0.15, -0.1) is 0 Å². The Bertz CT molecular complexity index is 236. The molecule has 0 spiro atoms. The highest BCUT2D eigenvalue weighted by Gasteiger charge is 2.27. The van der Waals surface area contributed by atoms with Crippen LogP contribution >= 0.6 is 0 Å². The van der Waals surface area contributed by atoms with Crippen molar-refractivity contribution in [1.29, 1.82) is 0 Å². The largest absolute Gasteiger partial charge is 0.393 e. The lowest BCUT2D eigenvalue weighted by molar-refractivity contribution is -0.164. The van der Waals surface area contributed by atoms with E-state index in [9.17, 15) is 9.59 Å². The number of ether oxygens (including phenoxy) is 1. The summed E-state index contributed by atoms with van der Waals surface area (Å²) in [5.74, 6) is -1.06. The summed E-state index contributed by atoms with van der Waals surface area (Å²) in [5, 5.41) is 0. The Morgan fingerprint density at radius 3 is 2.33 bits per heavy atom. The molecule has 0 saturated carbocycles. The average Bonchev–Trinajstić information content (AvgIpc) is 2.01. The Kier molecular flexibility index (Phi) is 2.43. The third-order valence-electron chi connectivity index (χ3n) is 1.84. The first kappa shape index (κ1) is 8.71. The standard InChI is InChI=1S/C9H10O3/c1-3-6(2)7-4-8(10)12-9(11)5-7/h3,7H,1-2,4-5H2. The fourth-order valence-electron chi connectivity index (χ4n) is 1.11. The zero-order valence-corrected chi connectivity index (χ0v) is 6.71. The number of esters is 2. The molecule has 1 heterocycles. The lowest BCUT2D eigenvalue weighted by atomic mass is 9.92. The highest BCUT2D eigenvalue weighted by molar-refractivity contribution is 5.89. The molecule has 3 nitrogen and oxygen atoms in total. The lowest BCUT2D eigenvalue weighted by Gasteiger charge is -2.19. The van der Waals surface area contributed by atoms with Gasteiger partial charge in [0.1, 0.15) is 0 Å². The lowest BCUT2D eigenvalue weighted by Crippen LogP contribution is -2.25. The van der Waals surface area contributed by atoms with E-state index < -0.39 is 11.9 Å². The second-order valence-corrected chi connectivity index (χ2v) is 2.73. The molecule has 0 aromatic heterocycles. The summed E-state index contributed by atoms with van der Waals surface area (Å²) >= 11 is 0. The summed E-state index contributed by atoms with van der Waals surface area (Å²) in [6, 6.07) is 0. The topological polar surface area (TPSA) is 43.4 Å². The molecule has 3 heteroatoms. The molecule has 1 aliphatic heterocycles. The van der Waals surface area contributed by atoms with Crippen LogP contribution in [0.1, 0.15) is 12.8 Å². The molecule has 0 aromatic rings. The first-order chi connectivity index (χ1) is 5.63. The Labute approximate surface area is 70.7 Å². The molecule has 1 rings (SSSR count). The molecule has 12 heavy (non-hydrogen) atoms. The van der Waals surface area contributed by atoms with Crippen molar-refractivity contribution in [2.45, 2.75) is 12.8 Å². The van der Waals surface area contributed by atoms with E-state index in [0.29, 0.717) is 0 Å². The molecular formula is C9H10O3. The van der Waals surface area contributed by atoms with E-state index in [4.69, 9.17) is 0 Å². The van der Waals surface area contributed by atoms with Crippen LogP contribution < -0.4 is 0 Å². The summed E-state index contributed by atoms with van der Waals surface area (Å²) in [6.45, 7) is 7.21. The normalized spacial score (nSPS) is 18.7. The van der Waals surface area contributed by atoms with Gasteiger partial charge in [0.2, 0.25) is 0 Å². The SMILES string of the molecule is C=CC(=C)C1CC(=O)OC(=O)C1. The minimum Gasteiger partial charge on any atom is -0.393 e. The fourth-order valence-corrected chi connectivity index (χ4v) is 1.11. The van der Waals surface area contributed by atoms with Crippen LogP contribution in [0, 0.1) is 5.92 Å². The minimum atomic E-state index is -0.473. The summed E-state index contributed by atoms with van der Waals surface area (Å²) in [6.07, 6.45) is 2.03. The van der Waals surface area contributed by atoms with E-state index in [1.165, 1.54) is 0 Å². The van der Waals surface area contributed by atoms with E-state index in [1.807, 2.05) is 0 Å². The number of hydrogen-bond acceptors (Lipinski definition) is 3. The predicted molar refractivity (Wildman–Crippen MR) is 43.2 cm³/mol. The van der Waals surface area contributed by atoms with Gasteiger partial charge in [-0.1, -0.05) is 24.8 Å². The van der Waals surface area contributed by atoms with Crippen LogP contribution in [0.5, 0.6) is 0 Å². The van der Waals surface area contributed by atoms with Gasteiger partial charge in [0, 0.05) is 5.92 Å². The van der Waals surface area contributed by atoms with Crippen LogP contribution in [0.4, 0.5) is 0 Å². The van der Waals surface area contributed by atoms with E-state index in [2.05, 4.69) is 17.9 Å². The van der Waals surface area contributed by atoms with Crippen LogP contribution in [-0.2, 0) is 14.3 Å². The molecule has 0 bridgehead atoms. The van der Waals surface area contributed by atoms with Crippen molar-refractivity contribution in [3.63, 3.8) is 0 Å². The second-order valence-electron chi connectivity index (χ2n) is 2.73. The van der Waals surface area contributed by atoms with E-state index in [1.54, 1.807) is 6.08 Å². The molecule has 1 fully saturated rings. The summed E-state index contributed by atoms with van der Waals surface area (Å²) in [4.78, 5) is 21.6. The molecule has 1 saturated heterocycles. The number of carbonyl (C=O) groups excluding carboxylic acids is 2. The number of allylic oxidation sites excluding steroid dienone is 2. The van der Waals surface area contributed by atoms with Gasteiger partial charge in [0.15, 0.2) is 0 Å². The molecule has 0 aromatic carbocycles. The summed E-state index contributed by atoms with van der Waals surface area (Å²) < 4.78 is 4.36. The Hall–Kier alpha value is -1.38. The monoisotopic (exact) mass is 166 g/mol. The zero-order chi connectivity index (χ0) is 9.14. The van der Waals surface area contributed by atoms with Gasteiger partial charge in [-0.3, -0.25) is 9.59 Å². The summed E-state index contributed by atoms with van der Waals surface area (Å²) in [5.41, 5.74) is 0.722. The predicted octanol–water partition coefficient (Wildman–Crippen LogP) is 1.21. The van der Waals surface area contributed by atoms with Crippen molar-refractivity contribution in [1.82, 2.24) is 0 Å². The smallest absolute Gasteiger partial charge is 0.314 e. The van der Waals surface area contributed by atoms with Gasteiger partial charge in [0.05, 0.1) is 12.8 Å². The third kappa shape index (κ3) is 1.81. The van der Waals surface area contributed by atoms with Crippen LogP contribution in [0.15, 0.2) is 24.8 Å². The van der Waals surface area contributed by atoms with Crippen LogP contribution in [0.25, 0.3) is 0 Å². The van der Waals surface area contributed by atoms with Crippen LogP contribution in [-0.4, -0.2) is 11.9 Å². The Balaban J connectivity index is 2.67. The maximum absolute atomic E-state index is 10.8. The molecule has 64 valence electrons. The Morgan fingerprint density at radius 2 is 1.92 bits per heavy atom. The number of hydrogen-bond donors (Lipinski definition) is 0. The third-order valence-corrected chi connectivity index (χ3v) is 1.84. The highest BCUT2D eigenvalue weighted by Crippen LogP contribution is 2.23. The van der Waals surface area contributed by atoms with Crippen molar-refractivity contribution in [3.8, 4) is 0 Å². The average molecular weight is 166 g/mol. The molecule has 0 radical (unpaired) electrons. The quantitative estimate of drug-likeness (QED) is 0.352. The number of rotatable bonds is 2. The second kappa shape index (κ2) is 3.34. The summed E-state index contributed by atoms with van der Waals surface area (Å²) in [7, 11) is 0. The van der Waals surface area contributed by atoms with Crippen LogP contribution in [0.3, 0.4) is 0 Å². The first-order valence-corrected chi connectivity index (χ1v) is 3.68. The van der Waals surface area contributed by atoms with Gasteiger partial charge in [-0.2, -0.15) is 0 Å². The van der Waals surface area contributed by atoms with Gasteiger partial charge < -0.3 is 4.74 Å². The molecule has 0 amide bonds. The van der Waals surface area contributed by atoms with Crippen LogP contribution in [0.2, 0.25) is 0 Å². The zero-order valence-electron chi connectivity index (χ0n) is 6.71. The molecule has 0 unspecified atom stereocenters. The minimum absolute atomic E-state index is 0.115. The maximum atomic E-state index is 10.8. The van der Waals surface area contributed by atoms with Gasteiger partial charge in [-0.25, -0.2) is 0 Å². The number of carbonyl (C=O) groups is 2. The van der Waals surface area contributed by atoms with E-state index in [-0.39, 0.29) is 18.8 Å². The van der Waals surface area contributed by atoms with Crippen molar-refractivity contribution < 1.29 is 14.3 Å². The Morgan fingerprint density at radius 1 is 1.42 bits per heavy atom. The molecule has 0 N–H and O–H groups in total. The van der Waals surface area contributed by atoms with E-state index >= 15 is 0 Å². The highest BCUT2D eigenvalue weighted by atomic mass is 16.6. The number of cyclic esters (lactones) is 2. The molecular weight excluding hydrogens is 156 g/mol.